The van der Waals surface area contributed by atoms with Gasteiger partial charge in [0.05, 0.1) is 17.3 Å². The zero-order valence-electron chi connectivity index (χ0n) is 10.1. The molecule has 0 aliphatic carbocycles. The fourth-order valence-electron chi connectivity index (χ4n) is 1.70. The molecule has 2 aromatic rings. The molecule has 0 radical (unpaired) electrons. The van der Waals surface area contributed by atoms with Gasteiger partial charge in [-0.1, -0.05) is 0 Å². The molecule has 0 aromatic heterocycles. The molecule has 0 amide bonds. The van der Waals surface area contributed by atoms with Crippen molar-refractivity contribution in [3.8, 4) is 6.07 Å². The first kappa shape index (κ1) is 13.9. The van der Waals surface area contributed by atoms with Gasteiger partial charge >= 0.3 is 0 Å². The number of hydrogen-bond acceptors (Lipinski definition) is 2. The van der Waals surface area contributed by atoms with Crippen LogP contribution in [0.2, 0.25) is 0 Å². The summed E-state index contributed by atoms with van der Waals surface area (Å²) in [5, 5.41) is 11.2. The van der Waals surface area contributed by atoms with Crippen LogP contribution in [0.3, 0.4) is 0 Å². The summed E-state index contributed by atoms with van der Waals surface area (Å²) in [7, 11) is 0. The predicted molar refractivity (Wildman–Crippen MR) is 64.8 cm³/mol. The maximum atomic E-state index is 13.4. The quantitative estimate of drug-likeness (QED) is 0.687. The first-order valence-electron chi connectivity index (χ1n) is 5.57. The van der Waals surface area contributed by atoms with Gasteiger partial charge in [-0.3, -0.25) is 0 Å². The van der Waals surface area contributed by atoms with Gasteiger partial charge in [-0.2, -0.15) is 5.26 Å². The van der Waals surface area contributed by atoms with E-state index in [1.165, 1.54) is 6.07 Å². The molecule has 6 heteroatoms. The number of nitrogens with zero attached hydrogens (tertiary/aromatic N) is 1. The second-order valence-corrected chi connectivity index (χ2v) is 4.06. The normalized spacial score (nSPS) is 10.2. The van der Waals surface area contributed by atoms with Gasteiger partial charge in [-0.15, -0.1) is 0 Å². The largest absolute Gasteiger partial charge is 0.378 e. The lowest BCUT2D eigenvalue weighted by Crippen LogP contribution is -2.04. The molecular weight excluding hydrogens is 272 g/mol. The molecule has 102 valence electrons. The summed E-state index contributed by atoms with van der Waals surface area (Å²) < 4.78 is 52.5. The van der Waals surface area contributed by atoms with Crippen molar-refractivity contribution < 1.29 is 17.6 Å². The van der Waals surface area contributed by atoms with E-state index in [0.717, 1.165) is 18.2 Å². The third-order valence-electron chi connectivity index (χ3n) is 2.56. The van der Waals surface area contributed by atoms with Crippen LogP contribution in [-0.4, -0.2) is 0 Å². The van der Waals surface area contributed by atoms with Crippen molar-refractivity contribution in [3.05, 3.63) is 64.7 Å². The third-order valence-corrected chi connectivity index (χ3v) is 2.56. The minimum atomic E-state index is -1.32. The van der Waals surface area contributed by atoms with Crippen molar-refractivity contribution in [3.63, 3.8) is 0 Å². The Morgan fingerprint density at radius 3 is 2.35 bits per heavy atom. The van der Waals surface area contributed by atoms with Crippen LogP contribution in [0, 0.1) is 34.6 Å². The van der Waals surface area contributed by atoms with Gasteiger partial charge in [-0.05, 0) is 23.8 Å². The average molecular weight is 280 g/mol. The van der Waals surface area contributed by atoms with Crippen LogP contribution < -0.4 is 5.32 Å². The maximum absolute atomic E-state index is 13.4. The molecule has 0 unspecified atom stereocenters. The Morgan fingerprint density at radius 1 is 0.950 bits per heavy atom. The molecule has 0 saturated heterocycles. The second kappa shape index (κ2) is 5.61. The summed E-state index contributed by atoms with van der Waals surface area (Å²) in [6, 6.07) is 6.58. The summed E-state index contributed by atoms with van der Waals surface area (Å²) in [6.45, 7) is -0.0771. The van der Waals surface area contributed by atoms with Crippen molar-refractivity contribution in [1.82, 2.24) is 0 Å². The molecule has 0 fully saturated rings. The highest BCUT2D eigenvalue weighted by atomic mass is 19.2. The lowest BCUT2D eigenvalue weighted by atomic mass is 10.1. The van der Waals surface area contributed by atoms with Crippen LogP contribution in [0.25, 0.3) is 0 Å². The highest BCUT2D eigenvalue weighted by Gasteiger charge is 2.11. The lowest BCUT2D eigenvalue weighted by Gasteiger charge is -2.09. The monoisotopic (exact) mass is 280 g/mol. The van der Waals surface area contributed by atoms with Crippen molar-refractivity contribution in [2.75, 3.05) is 5.32 Å². The second-order valence-electron chi connectivity index (χ2n) is 4.06. The zero-order chi connectivity index (χ0) is 14.7. The number of rotatable bonds is 3. The Labute approximate surface area is 112 Å². The molecular formula is C14H8F4N2. The van der Waals surface area contributed by atoms with Gasteiger partial charge in [0.15, 0.2) is 11.6 Å². The third kappa shape index (κ3) is 3.06. The van der Waals surface area contributed by atoms with E-state index < -0.39 is 23.3 Å². The number of benzene rings is 2. The van der Waals surface area contributed by atoms with Crippen LogP contribution in [0.1, 0.15) is 11.1 Å². The summed E-state index contributed by atoms with van der Waals surface area (Å²) in [5.74, 6) is -4.08. The molecule has 0 aliphatic rings. The van der Waals surface area contributed by atoms with E-state index >= 15 is 0 Å². The first-order chi connectivity index (χ1) is 9.49. The van der Waals surface area contributed by atoms with Gasteiger partial charge in [0, 0.05) is 18.7 Å². The number of halogens is 4. The minimum absolute atomic E-state index is 0.0771. The molecule has 1 N–H and O–H groups in total. The van der Waals surface area contributed by atoms with Gasteiger partial charge in [0.25, 0.3) is 0 Å². The minimum Gasteiger partial charge on any atom is -0.378 e. The zero-order valence-corrected chi connectivity index (χ0v) is 10.1. The maximum Gasteiger partial charge on any atom is 0.182 e. The van der Waals surface area contributed by atoms with Gasteiger partial charge in [0.1, 0.15) is 11.6 Å². The smallest absolute Gasteiger partial charge is 0.182 e. The number of anilines is 1. The van der Waals surface area contributed by atoms with E-state index in [-0.39, 0.29) is 17.8 Å². The number of hydrogen-bond donors (Lipinski definition) is 1. The molecule has 0 aliphatic heterocycles. The molecule has 0 spiro atoms. The van der Waals surface area contributed by atoms with Crippen molar-refractivity contribution in [2.24, 2.45) is 0 Å². The molecule has 2 nitrogen and oxygen atoms in total. The van der Waals surface area contributed by atoms with Crippen LogP contribution in [0.15, 0.2) is 30.3 Å². The van der Waals surface area contributed by atoms with Crippen molar-refractivity contribution in [1.29, 1.82) is 5.26 Å². The molecule has 20 heavy (non-hydrogen) atoms. The van der Waals surface area contributed by atoms with Crippen LogP contribution in [-0.2, 0) is 6.54 Å². The van der Waals surface area contributed by atoms with E-state index in [4.69, 9.17) is 5.26 Å². The Balaban J connectivity index is 2.21. The number of nitriles is 1. The molecule has 0 heterocycles. The fourth-order valence-corrected chi connectivity index (χ4v) is 1.70. The van der Waals surface area contributed by atoms with E-state index in [9.17, 15) is 17.6 Å². The van der Waals surface area contributed by atoms with Gasteiger partial charge in [0.2, 0.25) is 0 Å². The van der Waals surface area contributed by atoms with Crippen molar-refractivity contribution in [2.45, 2.75) is 6.54 Å². The van der Waals surface area contributed by atoms with Gasteiger partial charge < -0.3 is 5.32 Å². The van der Waals surface area contributed by atoms with Gasteiger partial charge in [-0.25, -0.2) is 17.6 Å². The average Bonchev–Trinajstić information content (AvgIpc) is 2.40. The summed E-state index contributed by atoms with van der Waals surface area (Å²) in [6.07, 6.45) is 0. The SMILES string of the molecule is N#Cc1cc(F)cc(CNc2cc(F)cc(F)c2F)c1. The number of nitrogens with one attached hydrogen (secondary N) is 1. The Kier molecular flexibility index (Phi) is 3.89. The van der Waals surface area contributed by atoms with Crippen LogP contribution >= 0.6 is 0 Å². The van der Waals surface area contributed by atoms with E-state index in [1.807, 2.05) is 0 Å². The molecule has 0 saturated carbocycles. The highest BCUT2D eigenvalue weighted by molar-refractivity contribution is 5.46. The predicted octanol–water partition coefficient (Wildman–Crippen LogP) is 3.73. The first-order valence-corrected chi connectivity index (χ1v) is 5.57. The summed E-state index contributed by atoms with van der Waals surface area (Å²) in [5.41, 5.74) is 0.0867. The molecule has 2 rings (SSSR count). The summed E-state index contributed by atoms with van der Waals surface area (Å²) in [4.78, 5) is 0. The molecule has 2 aromatic carbocycles. The lowest BCUT2D eigenvalue weighted by molar-refractivity contribution is 0.497. The van der Waals surface area contributed by atoms with Crippen molar-refractivity contribution >= 4 is 5.69 Å². The van der Waals surface area contributed by atoms with E-state index in [1.54, 1.807) is 6.07 Å². The topological polar surface area (TPSA) is 35.8 Å². The fraction of sp³-hybridized carbons (Fsp3) is 0.0714. The van der Waals surface area contributed by atoms with Crippen LogP contribution in [0.5, 0.6) is 0 Å². The Hall–Kier alpha value is -2.55. The standard InChI is InChI=1S/C14H8F4N2/c15-10-2-8(6-19)1-9(3-10)7-20-13-5-11(16)4-12(17)14(13)18/h1-5,20H,7H2. The summed E-state index contributed by atoms with van der Waals surface area (Å²) >= 11 is 0. The molecule has 0 atom stereocenters. The van der Waals surface area contributed by atoms with E-state index in [0.29, 0.717) is 11.6 Å². The molecule has 0 bridgehead atoms. The Morgan fingerprint density at radius 2 is 1.65 bits per heavy atom. The van der Waals surface area contributed by atoms with E-state index in [2.05, 4.69) is 5.32 Å². The van der Waals surface area contributed by atoms with Crippen LogP contribution in [0.4, 0.5) is 23.2 Å². The highest BCUT2D eigenvalue weighted by Crippen LogP contribution is 2.20. The Bertz CT molecular complexity index is 692.